The number of aliphatic hydroxyl groups excluding tert-OH is 1. The summed E-state index contributed by atoms with van der Waals surface area (Å²) in [6.45, 7) is 4.51. The van der Waals surface area contributed by atoms with Gasteiger partial charge in [0, 0.05) is 19.5 Å². The van der Waals surface area contributed by atoms with E-state index < -0.39 is 28.3 Å². The van der Waals surface area contributed by atoms with Gasteiger partial charge in [-0.3, -0.25) is 0 Å². The van der Waals surface area contributed by atoms with Crippen molar-refractivity contribution in [2.75, 3.05) is 26.3 Å². The van der Waals surface area contributed by atoms with Crippen molar-refractivity contribution in [1.29, 1.82) is 0 Å². The molecule has 0 aliphatic carbocycles. The van der Waals surface area contributed by atoms with E-state index in [1.54, 1.807) is 0 Å². The lowest BCUT2D eigenvalue weighted by molar-refractivity contribution is 0.0644. The van der Waals surface area contributed by atoms with Crippen LogP contribution in [-0.2, 0) is 25.9 Å². The van der Waals surface area contributed by atoms with Gasteiger partial charge in [0.2, 0.25) is 10.0 Å². The summed E-state index contributed by atoms with van der Waals surface area (Å²) in [6, 6.07) is 12.6. The maximum Gasteiger partial charge on any atom is 0.407 e. The van der Waals surface area contributed by atoms with E-state index in [0.29, 0.717) is 19.6 Å². The molecule has 1 fully saturated rings. The Morgan fingerprint density at radius 2 is 1.89 bits per heavy atom. The van der Waals surface area contributed by atoms with Gasteiger partial charge in [0.05, 0.1) is 40.3 Å². The molecule has 1 amide bonds. The van der Waals surface area contributed by atoms with Crippen molar-refractivity contribution >= 4 is 39.3 Å². The molecule has 1 saturated heterocycles. The monoisotopic (exact) mass is 558 g/mol. The van der Waals surface area contributed by atoms with Gasteiger partial charge in [0.25, 0.3) is 0 Å². The van der Waals surface area contributed by atoms with Crippen molar-refractivity contribution in [2.45, 2.75) is 49.8 Å². The van der Waals surface area contributed by atoms with Crippen LogP contribution in [0.5, 0.6) is 0 Å². The Kier molecular flexibility index (Phi) is 10.4. The van der Waals surface area contributed by atoms with E-state index in [0.717, 1.165) is 5.56 Å². The molecule has 0 bridgehead atoms. The zero-order valence-electron chi connectivity index (χ0n) is 20.3. The van der Waals surface area contributed by atoms with Crippen molar-refractivity contribution < 1.29 is 27.8 Å². The van der Waals surface area contributed by atoms with Crippen LogP contribution in [0.25, 0.3) is 0 Å². The van der Waals surface area contributed by atoms with Crippen LogP contribution in [0.4, 0.5) is 4.79 Å². The van der Waals surface area contributed by atoms with Gasteiger partial charge in [-0.05, 0) is 36.1 Å². The molecule has 1 unspecified atom stereocenters. The fourth-order valence-electron chi connectivity index (χ4n) is 3.89. The number of nitrogens with zero attached hydrogens (tertiary/aromatic N) is 1. The van der Waals surface area contributed by atoms with E-state index in [4.69, 9.17) is 32.7 Å². The second kappa shape index (κ2) is 13.1. The van der Waals surface area contributed by atoms with Crippen molar-refractivity contribution in [3.8, 4) is 0 Å². The first-order chi connectivity index (χ1) is 17.1. The van der Waals surface area contributed by atoms with Crippen LogP contribution in [0.15, 0.2) is 53.4 Å². The fourth-order valence-corrected chi connectivity index (χ4v) is 5.91. The minimum atomic E-state index is -4.01. The average molecular weight is 560 g/mol. The third kappa shape index (κ3) is 8.06. The van der Waals surface area contributed by atoms with Crippen molar-refractivity contribution in [1.82, 2.24) is 9.62 Å². The standard InChI is InChI=1S/C25H32Cl2N2O6S/c1-17(2)14-29(36(32,33)20-8-9-21(26)22(27)13-20)15-24(30)23(12-18-6-4-3-5-7-18)28-25(31)35-19-10-11-34-16-19/h3-9,13,17,19,23-24,30H,10-12,14-16H2,1-2H3,(H,28,31)/t19-,23-,24?/m0/s1. The number of nitrogens with one attached hydrogen (secondary N) is 1. The number of benzene rings is 2. The number of aliphatic hydroxyl groups is 1. The van der Waals surface area contributed by atoms with Crippen molar-refractivity contribution in [3.05, 3.63) is 64.1 Å². The van der Waals surface area contributed by atoms with E-state index in [-0.39, 0.29) is 46.5 Å². The Labute approximate surface area is 222 Å². The van der Waals surface area contributed by atoms with Crippen LogP contribution in [0.1, 0.15) is 25.8 Å². The van der Waals surface area contributed by atoms with Crippen LogP contribution in [0, 0.1) is 5.92 Å². The number of sulfonamides is 1. The normalized spacial score (nSPS) is 17.8. The van der Waals surface area contributed by atoms with Gasteiger partial charge in [-0.2, -0.15) is 4.31 Å². The second-order valence-corrected chi connectivity index (χ2v) is 11.9. The molecule has 2 N–H and O–H groups in total. The van der Waals surface area contributed by atoms with E-state index in [9.17, 15) is 18.3 Å². The maximum atomic E-state index is 13.5. The van der Waals surface area contributed by atoms with Gasteiger partial charge >= 0.3 is 6.09 Å². The summed E-state index contributed by atoms with van der Waals surface area (Å²) in [7, 11) is -4.01. The number of alkyl carbamates (subject to hydrolysis) is 1. The summed E-state index contributed by atoms with van der Waals surface area (Å²) in [5.74, 6) is -0.0254. The second-order valence-electron chi connectivity index (χ2n) is 9.19. The van der Waals surface area contributed by atoms with Crippen LogP contribution < -0.4 is 5.32 Å². The predicted octanol–water partition coefficient (Wildman–Crippen LogP) is 4.13. The maximum absolute atomic E-state index is 13.5. The number of hydrogen-bond acceptors (Lipinski definition) is 6. The molecule has 0 radical (unpaired) electrons. The van der Waals surface area contributed by atoms with Crippen LogP contribution in [0.3, 0.4) is 0 Å². The summed E-state index contributed by atoms with van der Waals surface area (Å²) in [5, 5.41) is 14.3. The molecular formula is C25H32Cl2N2O6S. The molecule has 11 heteroatoms. The SMILES string of the molecule is CC(C)CN(CC(O)[C@H](Cc1ccccc1)NC(=O)O[C@H]1CCOC1)S(=O)(=O)c1ccc(Cl)c(Cl)c1. The summed E-state index contributed by atoms with van der Waals surface area (Å²) < 4.78 is 38.8. The van der Waals surface area contributed by atoms with E-state index in [2.05, 4.69) is 5.32 Å². The first-order valence-corrected chi connectivity index (χ1v) is 14.0. The fraction of sp³-hybridized carbons (Fsp3) is 0.480. The summed E-state index contributed by atoms with van der Waals surface area (Å²) in [4.78, 5) is 12.6. The summed E-state index contributed by atoms with van der Waals surface area (Å²) >= 11 is 12.0. The van der Waals surface area contributed by atoms with Crippen LogP contribution in [-0.4, -0.2) is 68.5 Å². The highest BCUT2D eigenvalue weighted by Crippen LogP contribution is 2.27. The quantitative estimate of drug-likeness (QED) is 0.429. The van der Waals surface area contributed by atoms with Crippen molar-refractivity contribution in [2.24, 2.45) is 5.92 Å². The number of carbonyl (C=O) groups is 1. The number of hydrogen-bond donors (Lipinski definition) is 2. The Balaban J connectivity index is 1.82. The first kappa shape index (κ1) is 28.7. The Morgan fingerprint density at radius 1 is 1.17 bits per heavy atom. The molecule has 0 spiro atoms. The number of halogens is 2. The molecule has 3 atom stereocenters. The third-order valence-corrected chi connectivity index (χ3v) is 8.28. The van der Waals surface area contributed by atoms with Crippen LogP contribution >= 0.6 is 23.2 Å². The zero-order chi connectivity index (χ0) is 26.3. The summed E-state index contributed by atoms with van der Waals surface area (Å²) in [5.41, 5.74) is 0.869. The van der Waals surface area contributed by atoms with Gasteiger partial charge < -0.3 is 19.9 Å². The number of ether oxygens (including phenoxy) is 2. The Hall–Kier alpha value is -1.88. The number of rotatable bonds is 11. The van der Waals surface area contributed by atoms with Crippen molar-refractivity contribution in [3.63, 3.8) is 0 Å². The molecule has 1 heterocycles. The molecule has 0 saturated carbocycles. The largest absolute Gasteiger partial charge is 0.444 e. The van der Waals surface area contributed by atoms with Gasteiger partial charge in [0.15, 0.2) is 0 Å². The number of amides is 1. The molecule has 198 valence electrons. The van der Waals surface area contributed by atoms with Gasteiger partial charge in [-0.1, -0.05) is 67.4 Å². The minimum Gasteiger partial charge on any atom is -0.444 e. The molecule has 2 aromatic rings. The molecule has 2 aromatic carbocycles. The highest BCUT2D eigenvalue weighted by Gasteiger charge is 2.32. The molecule has 0 aromatic heterocycles. The molecular weight excluding hydrogens is 527 g/mol. The van der Waals surface area contributed by atoms with E-state index >= 15 is 0 Å². The van der Waals surface area contributed by atoms with Gasteiger partial charge in [0.1, 0.15) is 6.10 Å². The Morgan fingerprint density at radius 3 is 2.50 bits per heavy atom. The zero-order valence-corrected chi connectivity index (χ0v) is 22.6. The summed E-state index contributed by atoms with van der Waals surface area (Å²) in [6.07, 6.45) is -1.39. The molecule has 1 aliphatic rings. The third-order valence-electron chi connectivity index (χ3n) is 5.72. The lowest BCUT2D eigenvalue weighted by Crippen LogP contribution is -2.51. The molecule has 36 heavy (non-hydrogen) atoms. The predicted molar refractivity (Wildman–Crippen MR) is 139 cm³/mol. The lowest BCUT2D eigenvalue weighted by atomic mass is 10.0. The average Bonchev–Trinajstić information content (AvgIpc) is 3.33. The van der Waals surface area contributed by atoms with Crippen LogP contribution in [0.2, 0.25) is 10.0 Å². The molecule has 1 aliphatic heterocycles. The first-order valence-electron chi connectivity index (χ1n) is 11.8. The molecule has 3 rings (SSSR count). The van der Waals surface area contributed by atoms with Gasteiger partial charge in [-0.15, -0.1) is 0 Å². The topological polar surface area (TPSA) is 105 Å². The lowest BCUT2D eigenvalue weighted by Gasteiger charge is -2.30. The van der Waals surface area contributed by atoms with E-state index in [1.807, 2.05) is 44.2 Å². The Bertz CT molecular complexity index is 1110. The van der Waals surface area contributed by atoms with Gasteiger partial charge in [-0.25, -0.2) is 13.2 Å². The number of carbonyl (C=O) groups excluding carboxylic acids is 1. The smallest absolute Gasteiger partial charge is 0.407 e. The molecule has 8 nitrogen and oxygen atoms in total. The highest BCUT2D eigenvalue weighted by molar-refractivity contribution is 7.89. The van der Waals surface area contributed by atoms with E-state index in [1.165, 1.54) is 22.5 Å². The highest BCUT2D eigenvalue weighted by atomic mass is 35.5. The minimum absolute atomic E-state index is 0.0254.